The number of hydrogen-bond donors (Lipinski definition) is 1. The Balaban J connectivity index is 1.86. The molecule has 0 bridgehead atoms. The summed E-state index contributed by atoms with van der Waals surface area (Å²) < 4.78 is 6.72. The van der Waals surface area contributed by atoms with E-state index in [1.807, 2.05) is 30.3 Å². The number of fused-ring (bicyclic) bond motifs is 1. The molecule has 0 amide bonds. The predicted molar refractivity (Wildman–Crippen MR) is 79.0 cm³/mol. The molecule has 0 aliphatic rings. The van der Waals surface area contributed by atoms with Crippen LogP contribution in [0.4, 0.5) is 5.82 Å². The molecule has 0 radical (unpaired) electrons. The predicted octanol–water partition coefficient (Wildman–Crippen LogP) is 1.63. The zero-order chi connectivity index (χ0) is 14.5. The Hall–Kier alpha value is -2.54. The molecule has 108 valence electrons. The summed E-state index contributed by atoms with van der Waals surface area (Å²) in [4.78, 5) is 4.29. The van der Waals surface area contributed by atoms with Crippen molar-refractivity contribution in [1.29, 1.82) is 0 Å². The van der Waals surface area contributed by atoms with Crippen LogP contribution < -0.4 is 5.32 Å². The molecule has 7 nitrogen and oxygen atoms in total. The highest BCUT2D eigenvalue weighted by Gasteiger charge is 2.10. The van der Waals surface area contributed by atoms with Gasteiger partial charge in [-0.25, -0.2) is 0 Å². The van der Waals surface area contributed by atoms with E-state index in [1.165, 1.54) is 0 Å². The van der Waals surface area contributed by atoms with E-state index < -0.39 is 0 Å². The van der Waals surface area contributed by atoms with E-state index in [1.54, 1.807) is 17.8 Å². The molecule has 1 N–H and O–H groups in total. The standard InChI is InChI=1S/C14H16N6O/c1-21-10-4-9-16-12-6-7-13-17-18-14(20(13)19-12)11-5-2-3-8-15-11/h2-3,5-8H,4,9-10H2,1H3,(H,16,19). The number of anilines is 1. The van der Waals surface area contributed by atoms with Crippen LogP contribution in [0.25, 0.3) is 17.2 Å². The minimum Gasteiger partial charge on any atom is -0.385 e. The molecular formula is C14H16N6O. The summed E-state index contributed by atoms with van der Waals surface area (Å²) in [7, 11) is 1.70. The molecule has 0 aliphatic heterocycles. The number of rotatable bonds is 6. The topological polar surface area (TPSA) is 77.2 Å². The first-order valence-electron chi connectivity index (χ1n) is 6.75. The van der Waals surface area contributed by atoms with Gasteiger partial charge in [-0.2, -0.15) is 4.52 Å². The third-order valence-electron chi connectivity index (χ3n) is 2.99. The molecule has 7 heteroatoms. The van der Waals surface area contributed by atoms with Crippen molar-refractivity contribution in [3.05, 3.63) is 36.5 Å². The first-order chi connectivity index (χ1) is 10.4. The van der Waals surface area contributed by atoms with Gasteiger partial charge in [0, 0.05) is 26.5 Å². The number of nitrogens with zero attached hydrogens (tertiary/aromatic N) is 5. The number of nitrogens with one attached hydrogen (secondary N) is 1. The van der Waals surface area contributed by atoms with Crippen LogP contribution in [0, 0.1) is 0 Å². The Morgan fingerprint density at radius 2 is 2.14 bits per heavy atom. The van der Waals surface area contributed by atoms with Gasteiger partial charge in [0.05, 0.1) is 0 Å². The van der Waals surface area contributed by atoms with E-state index in [2.05, 4.69) is 25.6 Å². The van der Waals surface area contributed by atoms with Crippen molar-refractivity contribution in [2.24, 2.45) is 0 Å². The molecule has 3 aromatic rings. The lowest BCUT2D eigenvalue weighted by Gasteiger charge is -2.05. The normalized spacial score (nSPS) is 10.9. The van der Waals surface area contributed by atoms with E-state index in [-0.39, 0.29) is 0 Å². The first-order valence-corrected chi connectivity index (χ1v) is 6.75. The van der Waals surface area contributed by atoms with Gasteiger partial charge in [-0.1, -0.05) is 6.07 Å². The molecule has 3 rings (SSSR count). The van der Waals surface area contributed by atoms with Crippen molar-refractivity contribution in [2.45, 2.75) is 6.42 Å². The highest BCUT2D eigenvalue weighted by atomic mass is 16.5. The van der Waals surface area contributed by atoms with Gasteiger partial charge in [0.25, 0.3) is 0 Å². The molecule has 3 heterocycles. The number of methoxy groups -OCH3 is 1. The fraction of sp³-hybridized carbons (Fsp3) is 0.286. The molecule has 0 saturated carbocycles. The Morgan fingerprint density at radius 1 is 1.19 bits per heavy atom. The Bertz CT molecular complexity index is 712. The molecule has 3 aromatic heterocycles. The van der Waals surface area contributed by atoms with Crippen LogP contribution in [0.1, 0.15) is 6.42 Å². The van der Waals surface area contributed by atoms with E-state index in [0.29, 0.717) is 11.5 Å². The maximum Gasteiger partial charge on any atom is 0.203 e. The zero-order valence-electron chi connectivity index (χ0n) is 11.7. The Morgan fingerprint density at radius 3 is 2.95 bits per heavy atom. The largest absolute Gasteiger partial charge is 0.385 e. The molecule has 0 aliphatic carbocycles. The molecule has 0 aromatic carbocycles. The van der Waals surface area contributed by atoms with Crippen LogP contribution in [0.5, 0.6) is 0 Å². The third-order valence-corrected chi connectivity index (χ3v) is 2.99. The van der Waals surface area contributed by atoms with Crippen molar-refractivity contribution in [2.75, 3.05) is 25.6 Å². The lowest BCUT2D eigenvalue weighted by atomic mass is 10.3. The average Bonchev–Trinajstić information content (AvgIpc) is 2.95. The maximum absolute atomic E-state index is 5.02. The molecule has 0 fully saturated rings. The number of ether oxygens (including phenoxy) is 1. The van der Waals surface area contributed by atoms with Gasteiger partial charge >= 0.3 is 0 Å². The number of pyridine rings is 1. The second kappa shape index (κ2) is 6.27. The van der Waals surface area contributed by atoms with Crippen molar-refractivity contribution in [1.82, 2.24) is 24.8 Å². The maximum atomic E-state index is 5.02. The van der Waals surface area contributed by atoms with Gasteiger partial charge in [-0.3, -0.25) is 4.98 Å². The van der Waals surface area contributed by atoms with Crippen molar-refractivity contribution < 1.29 is 4.74 Å². The molecule has 0 spiro atoms. The number of hydrogen-bond acceptors (Lipinski definition) is 6. The fourth-order valence-corrected chi connectivity index (χ4v) is 1.97. The Kier molecular flexibility index (Phi) is 4.02. The highest BCUT2D eigenvalue weighted by Crippen LogP contribution is 2.15. The molecule has 21 heavy (non-hydrogen) atoms. The van der Waals surface area contributed by atoms with Gasteiger partial charge in [0.2, 0.25) is 5.82 Å². The quantitative estimate of drug-likeness (QED) is 0.693. The van der Waals surface area contributed by atoms with Crippen LogP contribution in [0.2, 0.25) is 0 Å². The lowest BCUT2D eigenvalue weighted by molar-refractivity contribution is 0.197. The van der Waals surface area contributed by atoms with Crippen LogP contribution in [-0.4, -0.2) is 45.1 Å². The number of aromatic nitrogens is 5. The van der Waals surface area contributed by atoms with Gasteiger partial charge in [-0.15, -0.1) is 15.3 Å². The van der Waals surface area contributed by atoms with Crippen molar-refractivity contribution >= 4 is 11.5 Å². The molecular weight excluding hydrogens is 268 g/mol. The zero-order valence-corrected chi connectivity index (χ0v) is 11.7. The van der Waals surface area contributed by atoms with Crippen LogP contribution >= 0.6 is 0 Å². The van der Waals surface area contributed by atoms with Crippen LogP contribution in [-0.2, 0) is 4.74 Å². The summed E-state index contributed by atoms with van der Waals surface area (Å²) in [5.41, 5.74) is 1.44. The van der Waals surface area contributed by atoms with Crippen molar-refractivity contribution in [3.63, 3.8) is 0 Å². The van der Waals surface area contributed by atoms with Crippen molar-refractivity contribution in [3.8, 4) is 11.5 Å². The SMILES string of the molecule is COCCCNc1ccc2nnc(-c3ccccn3)n2n1. The van der Waals surface area contributed by atoms with E-state index in [0.717, 1.165) is 31.1 Å². The van der Waals surface area contributed by atoms with Gasteiger partial charge < -0.3 is 10.1 Å². The smallest absolute Gasteiger partial charge is 0.203 e. The van der Waals surface area contributed by atoms with Gasteiger partial charge in [-0.05, 0) is 30.7 Å². The Labute approximate surface area is 122 Å². The first kappa shape index (κ1) is 13.4. The van der Waals surface area contributed by atoms with E-state index in [4.69, 9.17) is 4.74 Å². The van der Waals surface area contributed by atoms with Gasteiger partial charge in [0.1, 0.15) is 11.5 Å². The van der Waals surface area contributed by atoms with E-state index >= 15 is 0 Å². The third kappa shape index (κ3) is 2.97. The second-order valence-electron chi connectivity index (χ2n) is 4.50. The molecule has 0 atom stereocenters. The summed E-state index contributed by atoms with van der Waals surface area (Å²) >= 11 is 0. The minimum absolute atomic E-state index is 0.631. The monoisotopic (exact) mass is 284 g/mol. The summed E-state index contributed by atoms with van der Waals surface area (Å²) in [6.07, 6.45) is 2.65. The van der Waals surface area contributed by atoms with Gasteiger partial charge in [0.15, 0.2) is 5.65 Å². The fourth-order valence-electron chi connectivity index (χ4n) is 1.97. The second-order valence-corrected chi connectivity index (χ2v) is 4.50. The molecule has 0 unspecified atom stereocenters. The van der Waals surface area contributed by atoms with Crippen LogP contribution in [0.15, 0.2) is 36.5 Å². The minimum atomic E-state index is 0.631. The molecule has 0 saturated heterocycles. The lowest BCUT2D eigenvalue weighted by Crippen LogP contribution is -2.08. The summed E-state index contributed by atoms with van der Waals surface area (Å²) in [6, 6.07) is 9.43. The van der Waals surface area contributed by atoms with Crippen LogP contribution in [0.3, 0.4) is 0 Å². The highest BCUT2D eigenvalue weighted by molar-refractivity contribution is 5.55. The average molecular weight is 284 g/mol. The van der Waals surface area contributed by atoms with E-state index in [9.17, 15) is 0 Å². The summed E-state index contributed by atoms with van der Waals surface area (Å²) in [5.74, 6) is 1.40. The summed E-state index contributed by atoms with van der Waals surface area (Å²) in [5, 5.41) is 16.0. The summed E-state index contributed by atoms with van der Waals surface area (Å²) in [6.45, 7) is 1.52.